The van der Waals surface area contributed by atoms with Crippen molar-refractivity contribution in [3.8, 4) is 0 Å². The van der Waals surface area contributed by atoms with E-state index in [0.29, 0.717) is 23.8 Å². The van der Waals surface area contributed by atoms with Gasteiger partial charge in [0, 0.05) is 45.0 Å². The third-order valence-electron chi connectivity index (χ3n) is 8.65. The maximum absolute atomic E-state index is 12.9. The van der Waals surface area contributed by atoms with Gasteiger partial charge in [-0.05, 0) is 72.8 Å². The summed E-state index contributed by atoms with van der Waals surface area (Å²) in [5.74, 6) is 1.88. The second kappa shape index (κ2) is 11.2. The summed E-state index contributed by atoms with van der Waals surface area (Å²) in [6.45, 7) is 18.2. The number of amides is 1. The molecule has 0 bridgehead atoms. The first kappa shape index (κ1) is 27.3. The molecule has 192 valence electrons. The Morgan fingerprint density at radius 3 is 2.24 bits per heavy atom. The minimum absolute atomic E-state index is 0. The Kier molecular flexibility index (Phi) is 9.01. The molecule has 0 atom stereocenters. The number of rotatable bonds is 4. The Morgan fingerprint density at radius 2 is 1.62 bits per heavy atom. The first-order valence-electron chi connectivity index (χ1n) is 13.5. The van der Waals surface area contributed by atoms with Crippen LogP contribution in [0.1, 0.15) is 84.6 Å². The van der Waals surface area contributed by atoms with Crippen LogP contribution < -0.4 is 4.90 Å². The van der Waals surface area contributed by atoms with Crippen molar-refractivity contribution in [3.63, 3.8) is 0 Å². The number of anilines is 1. The number of halogens is 1. The molecule has 1 aromatic carbocycles. The smallest absolute Gasteiger partial charge is 0.236 e. The van der Waals surface area contributed by atoms with Crippen LogP contribution in [0.4, 0.5) is 5.69 Å². The Hall–Kier alpha value is -1.26. The summed E-state index contributed by atoms with van der Waals surface area (Å²) in [4.78, 5) is 20.0. The Bertz CT molecular complexity index is 802. The normalized spacial score (nSPS) is 26.1. The Morgan fingerprint density at radius 1 is 0.971 bits per heavy atom. The Balaban J connectivity index is 0.00000324. The number of likely N-dealkylation sites (tertiary alicyclic amines) is 1. The maximum atomic E-state index is 12.9. The van der Waals surface area contributed by atoms with Gasteiger partial charge in [0.1, 0.15) is 0 Å². The van der Waals surface area contributed by atoms with Crippen LogP contribution in [0.15, 0.2) is 24.3 Å². The number of nitrogens with zero attached hydrogens (tertiary/aromatic N) is 3. The average Bonchev–Trinajstić information content (AvgIpc) is 2.78. The van der Waals surface area contributed by atoms with Gasteiger partial charge in [-0.25, -0.2) is 0 Å². The molecule has 1 aliphatic carbocycles. The molecule has 2 heterocycles. The molecule has 0 unspecified atom stereocenters. The Labute approximate surface area is 214 Å². The molecule has 0 N–H and O–H groups in total. The van der Waals surface area contributed by atoms with Gasteiger partial charge in [0.05, 0.1) is 6.54 Å². The monoisotopic (exact) mass is 489 g/mol. The van der Waals surface area contributed by atoms with Crippen LogP contribution in [0.3, 0.4) is 0 Å². The minimum atomic E-state index is 0. The molecule has 2 aliphatic heterocycles. The zero-order valence-electron chi connectivity index (χ0n) is 22.3. The molecule has 1 saturated carbocycles. The van der Waals surface area contributed by atoms with Crippen LogP contribution in [-0.2, 0) is 4.79 Å². The van der Waals surface area contributed by atoms with Gasteiger partial charge >= 0.3 is 0 Å². The minimum Gasteiger partial charge on any atom is -0.369 e. The van der Waals surface area contributed by atoms with Crippen LogP contribution >= 0.6 is 12.4 Å². The number of hydrogen-bond acceptors (Lipinski definition) is 3. The van der Waals surface area contributed by atoms with E-state index in [0.717, 1.165) is 51.6 Å². The maximum Gasteiger partial charge on any atom is 0.236 e. The highest BCUT2D eigenvalue weighted by Gasteiger charge is 2.33. The van der Waals surface area contributed by atoms with Gasteiger partial charge in [-0.2, -0.15) is 0 Å². The van der Waals surface area contributed by atoms with E-state index in [1.165, 1.54) is 37.8 Å². The van der Waals surface area contributed by atoms with E-state index in [-0.39, 0.29) is 17.8 Å². The highest BCUT2D eigenvalue weighted by Crippen LogP contribution is 2.45. The standard InChI is InChI=1S/C29H47N3O.ClH/c1-28(2,3)24-13-11-23(12-14-24)25-9-6-7-10-26(25)31-19-17-30(18-20-31)21-27(33)32-16-8-15-29(4,5)22-32;/h6-7,9-10,23-24H,8,11-22H2,1-5H3;1H. The molecule has 5 heteroatoms. The fraction of sp³-hybridized carbons (Fsp3) is 0.759. The van der Waals surface area contributed by atoms with E-state index in [4.69, 9.17) is 0 Å². The van der Waals surface area contributed by atoms with Crippen molar-refractivity contribution < 1.29 is 4.79 Å². The third-order valence-corrected chi connectivity index (χ3v) is 8.65. The lowest BCUT2D eigenvalue weighted by Crippen LogP contribution is -2.52. The van der Waals surface area contributed by atoms with E-state index in [2.05, 4.69) is 73.6 Å². The van der Waals surface area contributed by atoms with Crippen molar-refractivity contribution in [2.24, 2.45) is 16.7 Å². The van der Waals surface area contributed by atoms with Gasteiger partial charge in [0.25, 0.3) is 0 Å². The lowest BCUT2D eigenvalue weighted by atomic mass is 9.68. The van der Waals surface area contributed by atoms with Gasteiger partial charge in [-0.15, -0.1) is 12.4 Å². The molecule has 3 fully saturated rings. The summed E-state index contributed by atoms with van der Waals surface area (Å²) in [6, 6.07) is 9.14. The molecule has 2 saturated heterocycles. The van der Waals surface area contributed by atoms with Crippen LogP contribution in [0.2, 0.25) is 0 Å². The fourth-order valence-corrected chi connectivity index (χ4v) is 6.47. The summed E-state index contributed by atoms with van der Waals surface area (Å²) in [5.41, 5.74) is 3.70. The van der Waals surface area contributed by atoms with Crippen molar-refractivity contribution in [2.75, 3.05) is 50.7 Å². The fourth-order valence-electron chi connectivity index (χ4n) is 6.47. The summed E-state index contributed by atoms with van der Waals surface area (Å²) in [7, 11) is 0. The predicted octanol–water partition coefficient (Wildman–Crippen LogP) is 6.20. The number of carbonyl (C=O) groups excluding carboxylic acids is 1. The highest BCUT2D eigenvalue weighted by molar-refractivity contribution is 5.85. The number of hydrogen-bond donors (Lipinski definition) is 0. The molecule has 1 aromatic rings. The van der Waals surface area contributed by atoms with Crippen molar-refractivity contribution in [2.45, 2.75) is 79.1 Å². The lowest BCUT2D eigenvalue weighted by Gasteiger charge is -2.41. The summed E-state index contributed by atoms with van der Waals surface area (Å²) < 4.78 is 0. The van der Waals surface area contributed by atoms with Gasteiger partial charge < -0.3 is 9.80 Å². The first-order valence-corrected chi connectivity index (χ1v) is 13.5. The van der Waals surface area contributed by atoms with Crippen molar-refractivity contribution in [1.82, 2.24) is 9.80 Å². The van der Waals surface area contributed by atoms with E-state index < -0.39 is 0 Å². The molecule has 0 spiro atoms. The van der Waals surface area contributed by atoms with Gasteiger partial charge in [-0.1, -0.05) is 52.8 Å². The predicted molar refractivity (Wildman–Crippen MR) is 146 cm³/mol. The quantitative estimate of drug-likeness (QED) is 0.503. The summed E-state index contributed by atoms with van der Waals surface area (Å²) in [5, 5.41) is 0. The number of piperidine rings is 1. The molecule has 3 aliphatic rings. The number of benzene rings is 1. The SMILES string of the molecule is CC1(C)CCCN(C(=O)CN2CCN(c3ccccc3C3CCC(C(C)(C)C)CC3)CC2)C1.Cl. The van der Waals surface area contributed by atoms with Crippen LogP contribution in [0.5, 0.6) is 0 Å². The van der Waals surface area contributed by atoms with Gasteiger partial charge in [0.15, 0.2) is 0 Å². The third kappa shape index (κ3) is 6.69. The number of para-hydroxylation sites is 1. The topological polar surface area (TPSA) is 26.8 Å². The molecule has 4 rings (SSSR count). The summed E-state index contributed by atoms with van der Waals surface area (Å²) >= 11 is 0. The number of piperazine rings is 1. The highest BCUT2D eigenvalue weighted by atomic mass is 35.5. The van der Waals surface area contributed by atoms with E-state index in [1.807, 2.05) is 0 Å². The second-order valence-electron chi connectivity index (χ2n) is 12.8. The second-order valence-corrected chi connectivity index (χ2v) is 12.8. The van der Waals surface area contributed by atoms with E-state index in [9.17, 15) is 4.79 Å². The molecule has 34 heavy (non-hydrogen) atoms. The van der Waals surface area contributed by atoms with Gasteiger partial charge in [0.2, 0.25) is 5.91 Å². The van der Waals surface area contributed by atoms with Crippen molar-refractivity contribution >= 4 is 24.0 Å². The first-order chi connectivity index (χ1) is 15.6. The zero-order chi connectivity index (χ0) is 23.6. The van der Waals surface area contributed by atoms with E-state index >= 15 is 0 Å². The lowest BCUT2D eigenvalue weighted by molar-refractivity contribution is -0.135. The molecular weight excluding hydrogens is 442 g/mol. The summed E-state index contributed by atoms with van der Waals surface area (Å²) in [6.07, 6.45) is 7.71. The van der Waals surface area contributed by atoms with Crippen LogP contribution in [0.25, 0.3) is 0 Å². The van der Waals surface area contributed by atoms with Crippen molar-refractivity contribution in [1.29, 1.82) is 0 Å². The number of carbonyl (C=O) groups is 1. The molecule has 0 aromatic heterocycles. The largest absolute Gasteiger partial charge is 0.369 e. The van der Waals surface area contributed by atoms with E-state index in [1.54, 1.807) is 5.56 Å². The van der Waals surface area contributed by atoms with Crippen LogP contribution in [-0.4, -0.2) is 61.5 Å². The van der Waals surface area contributed by atoms with Crippen LogP contribution in [0, 0.1) is 16.7 Å². The van der Waals surface area contributed by atoms with Crippen molar-refractivity contribution in [3.05, 3.63) is 29.8 Å². The molecule has 0 radical (unpaired) electrons. The average molecular weight is 490 g/mol. The molecular formula is C29H48ClN3O. The zero-order valence-corrected chi connectivity index (χ0v) is 23.1. The van der Waals surface area contributed by atoms with Gasteiger partial charge in [-0.3, -0.25) is 9.69 Å². The molecule has 4 nitrogen and oxygen atoms in total. The molecule has 1 amide bonds.